The van der Waals surface area contributed by atoms with Crippen molar-refractivity contribution < 1.29 is 13.2 Å². The lowest BCUT2D eigenvalue weighted by Crippen LogP contribution is -2.35. The van der Waals surface area contributed by atoms with Gasteiger partial charge in [-0.15, -0.1) is 0 Å². The predicted octanol–water partition coefficient (Wildman–Crippen LogP) is 3.32. The molecule has 20 heavy (non-hydrogen) atoms. The lowest BCUT2D eigenvalue weighted by molar-refractivity contribution is -0.148. The quantitative estimate of drug-likeness (QED) is 0.827. The van der Waals surface area contributed by atoms with Crippen LogP contribution in [-0.2, 0) is 13.1 Å². The number of nitrogens with one attached hydrogen (secondary N) is 1. The minimum absolute atomic E-state index is 0.109. The van der Waals surface area contributed by atoms with E-state index in [0.29, 0.717) is 6.54 Å². The van der Waals surface area contributed by atoms with Crippen molar-refractivity contribution in [2.24, 2.45) is 0 Å². The van der Waals surface area contributed by atoms with Crippen LogP contribution in [0.2, 0.25) is 0 Å². The summed E-state index contributed by atoms with van der Waals surface area (Å²) in [7, 11) is 0. The predicted molar refractivity (Wildman–Crippen MR) is 73.3 cm³/mol. The fraction of sp³-hybridized carbons (Fsp3) is 0.600. The Kier molecular flexibility index (Phi) is 5.05. The van der Waals surface area contributed by atoms with Crippen molar-refractivity contribution in [3.8, 4) is 0 Å². The fourth-order valence-electron chi connectivity index (χ4n) is 2.25. The minimum Gasteiger partial charge on any atom is -0.313 e. The molecule has 0 heterocycles. The largest absolute Gasteiger partial charge is 0.401 e. The molecule has 1 N–H and O–H groups in total. The van der Waals surface area contributed by atoms with Gasteiger partial charge in [0.1, 0.15) is 0 Å². The lowest BCUT2D eigenvalue weighted by Gasteiger charge is -2.23. The Labute approximate surface area is 118 Å². The van der Waals surface area contributed by atoms with Crippen molar-refractivity contribution in [1.29, 1.82) is 0 Å². The van der Waals surface area contributed by atoms with E-state index in [1.165, 1.54) is 0 Å². The molecule has 0 unspecified atom stereocenters. The van der Waals surface area contributed by atoms with Crippen LogP contribution in [0.4, 0.5) is 13.2 Å². The van der Waals surface area contributed by atoms with Gasteiger partial charge >= 0.3 is 6.18 Å². The zero-order valence-electron chi connectivity index (χ0n) is 11.7. The highest BCUT2D eigenvalue weighted by molar-refractivity contribution is 5.22. The molecule has 1 saturated carbocycles. The van der Waals surface area contributed by atoms with E-state index in [1.807, 2.05) is 31.2 Å². The van der Waals surface area contributed by atoms with Gasteiger partial charge in [-0.05, 0) is 30.5 Å². The van der Waals surface area contributed by atoms with Crippen LogP contribution < -0.4 is 5.32 Å². The summed E-state index contributed by atoms with van der Waals surface area (Å²) in [6.45, 7) is 3.32. The van der Waals surface area contributed by atoms with Gasteiger partial charge in [0.15, 0.2) is 0 Å². The van der Waals surface area contributed by atoms with E-state index in [9.17, 15) is 13.2 Å². The molecule has 0 radical (unpaired) electrons. The topological polar surface area (TPSA) is 15.3 Å². The van der Waals surface area contributed by atoms with Crippen molar-refractivity contribution >= 4 is 0 Å². The highest BCUT2D eigenvalue weighted by Crippen LogP contribution is 2.31. The Morgan fingerprint density at radius 3 is 2.25 bits per heavy atom. The number of benzene rings is 1. The van der Waals surface area contributed by atoms with Gasteiger partial charge in [-0.25, -0.2) is 0 Å². The summed E-state index contributed by atoms with van der Waals surface area (Å²) in [5.74, 6) is 0. The smallest absolute Gasteiger partial charge is 0.313 e. The third-order valence-corrected chi connectivity index (χ3v) is 3.43. The van der Waals surface area contributed by atoms with Gasteiger partial charge in [0, 0.05) is 19.1 Å². The first kappa shape index (κ1) is 15.3. The zero-order chi connectivity index (χ0) is 14.6. The Bertz CT molecular complexity index is 410. The fourth-order valence-corrected chi connectivity index (χ4v) is 2.25. The molecule has 2 rings (SSSR count). The van der Waals surface area contributed by atoms with Crippen LogP contribution in [0.3, 0.4) is 0 Å². The first-order valence-corrected chi connectivity index (χ1v) is 7.07. The summed E-state index contributed by atoms with van der Waals surface area (Å²) in [4.78, 5) is 1.54. The molecule has 5 heteroatoms. The third-order valence-electron chi connectivity index (χ3n) is 3.43. The van der Waals surface area contributed by atoms with Crippen molar-refractivity contribution in [1.82, 2.24) is 10.2 Å². The Morgan fingerprint density at radius 1 is 1.15 bits per heavy atom. The van der Waals surface area contributed by atoms with E-state index in [4.69, 9.17) is 0 Å². The summed E-state index contributed by atoms with van der Waals surface area (Å²) in [5.41, 5.74) is 2.10. The van der Waals surface area contributed by atoms with Gasteiger partial charge in [0.05, 0.1) is 6.54 Å². The van der Waals surface area contributed by atoms with Gasteiger partial charge in [-0.2, -0.15) is 13.2 Å². The minimum atomic E-state index is -4.12. The molecular weight excluding hydrogens is 265 g/mol. The highest BCUT2D eigenvalue weighted by atomic mass is 19.4. The van der Waals surface area contributed by atoms with E-state index >= 15 is 0 Å². The molecule has 1 aromatic carbocycles. The SMILES string of the molecule is CCNCc1ccc(CN(CC(F)(F)F)C2CC2)cc1. The summed E-state index contributed by atoms with van der Waals surface area (Å²) < 4.78 is 37.7. The second-order valence-electron chi connectivity index (χ2n) is 5.35. The summed E-state index contributed by atoms with van der Waals surface area (Å²) >= 11 is 0. The number of hydrogen-bond acceptors (Lipinski definition) is 2. The summed E-state index contributed by atoms with van der Waals surface area (Å²) in [6.07, 6.45) is -2.35. The molecule has 112 valence electrons. The van der Waals surface area contributed by atoms with Crippen LogP contribution in [-0.4, -0.2) is 30.2 Å². The Morgan fingerprint density at radius 2 is 1.75 bits per heavy atom. The molecule has 0 saturated heterocycles. The molecule has 0 amide bonds. The Hall–Kier alpha value is -1.07. The molecule has 1 aliphatic carbocycles. The van der Waals surface area contributed by atoms with Crippen molar-refractivity contribution in [2.45, 2.75) is 45.1 Å². The maximum atomic E-state index is 12.6. The first-order valence-electron chi connectivity index (χ1n) is 7.07. The molecule has 0 aliphatic heterocycles. The molecular formula is C15H21F3N2. The van der Waals surface area contributed by atoms with Gasteiger partial charge < -0.3 is 5.32 Å². The van der Waals surface area contributed by atoms with E-state index in [2.05, 4.69) is 5.32 Å². The van der Waals surface area contributed by atoms with Crippen molar-refractivity contribution in [2.75, 3.05) is 13.1 Å². The second-order valence-corrected chi connectivity index (χ2v) is 5.35. The van der Waals surface area contributed by atoms with Gasteiger partial charge in [0.2, 0.25) is 0 Å². The average Bonchev–Trinajstić information content (AvgIpc) is 3.20. The van der Waals surface area contributed by atoms with E-state index in [-0.39, 0.29) is 6.04 Å². The number of alkyl halides is 3. The maximum Gasteiger partial charge on any atom is 0.401 e. The second kappa shape index (κ2) is 6.59. The van der Waals surface area contributed by atoms with Crippen LogP contribution in [0.25, 0.3) is 0 Å². The first-order chi connectivity index (χ1) is 9.48. The number of halogens is 3. The van der Waals surface area contributed by atoms with E-state index < -0.39 is 12.7 Å². The van der Waals surface area contributed by atoms with E-state index in [1.54, 1.807) is 4.90 Å². The molecule has 0 bridgehead atoms. The van der Waals surface area contributed by atoms with Crippen LogP contribution >= 0.6 is 0 Å². The van der Waals surface area contributed by atoms with Gasteiger partial charge in [0.25, 0.3) is 0 Å². The van der Waals surface area contributed by atoms with Gasteiger partial charge in [-0.3, -0.25) is 4.90 Å². The highest BCUT2D eigenvalue weighted by Gasteiger charge is 2.37. The average molecular weight is 286 g/mol. The van der Waals surface area contributed by atoms with Crippen LogP contribution in [0.5, 0.6) is 0 Å². The zero-order valence-corrected chi connectivity index (χ0v) is 11.7. The van der Waals surface area contributed by atoms with Crippen molar-refractivity contribution in [3.05, 3.63) is 35.4 Å². The number of rotatable bonds is 7. The number of nitrogens with zero attached hydrogens (tertiary/aromatic N) is 1. The monoisotopic (exact) mass is 286 g/mol. The normalized spacial score (nSPS) is 15.8. The van der Waals surface area contributed by atoms with Crippen LogP contribution in [0.1, 0.15) is 30.9 Å². The lowest BCUT2D eigenvalue weighted by atomic mass is 10.1. The molecule has 0 aromatic heterocycles. The Balaban J connectivity index is 1.93. The molecule has 1 aliphatic rings. The van der Waals surface area contributed by atoms with Crippen LogP contribution in [0.15, 0.2) is 24.3 Å². The molecule has 0 atom stereocenters. The summed E-state index contributed by atoms with van der Waals surface area (Å²) in [5, 5.41) is 3.22. The molecule has 1 fully saturated rings. The van der Waals surface area contributed by atoms with E-state index in [0.717, 1.165) is 37.1 Å². The summed E-state index contributed by atoms with van der Waals surface area (Å²) in [6, 6.07) is 7.93. The molecule has 1 aromatic rings. The number of hydrogen-bond donors (Lipinski definition) is 1. The van der Waals surface area contributed by atoms with Gasteiger partial charge in [-0.1, -0.05) is 31.2 Å². The third kappa shape index (κ3) is 5.13. The van der Waals surface area contributed by atoms with Crippen molar-refractivity contribution in [3.63, 3.8) is 0 Å². The maximum absolute atomic E-state index is 12.6. The van der Waals surface area contributed by atoms with Crippen LogP contribution in [0, 0.1) is 0 Å². The molecule has 0 spiro atoms. The molecule has 2 nitrogen and oxygen atoms in total. The standard InChI is InChI=1S/C15H21F3N2/c1-2-19-9-12-3-5-13(6-4-12)10-20(14-7-8-14)11-15(16,17)18/h3-6,14,19H,2,7-11H2,1H3.